The van der Waals surface area contributed by atoms with Crippen molar-refractivity contribution < 1.29 is 19.1 Å². The Labute approximate surface area is 129 Å². The van der Waals surface area contributed by atoms with E-state index in [0.29, 0.717) is 36.9 Å². The fraction of sp³-hybridized carbons (Fsp3) is 0.562. The van der Waals surface area contributed by atoms with Crippen molar-refractivity contribution in [3.8, 4) is 5.88 Å². The molecule has 1 unspecified atom stereocenters. The van der Waals surface area contributed by atoms with E-state index in [9.17, 15) is 9.59 Å². The molecule has 1 aliphatic heterocycles. The van der Waals surface area contributed by atoms with Crippen LogP contribution in [-0.4, -0.2) is 48.1 Å². The maximum Gasteiger partial charge on any atom is 0.328 e. The molecule has 0 aromatic carbocycles. The highest BCUT2D eigenvalue weighted by Crippen LogP contribution is 2.29. The van der Waals surface area contributed by atoms with Gasteiger partial charge in [-0.05, 0) is 37.7 Å². The van der Waals surface area contributed by atoms with Crippen LogP contribution in [0.15, 0.2) is 18.3 Å². The summed E-state index contributed by atoms with van der Waals surface area (Å²) in [5.74, 6) is 0.562. The smallest absolute Gasteiger partial charge is 0.328 e. The van der Waals surface area contributed by atoms with E-state index in [1.54, 1.807) is 23.2 Å². The van der Waals surface area contributed by atoms with Crippen molar-refractivity contribution >= 4 is 11.9 Å². The average molecular weight is 304 g/mol. The molecule has 2 fully saturated rings. The largest absolute Gasteiger partial charge is 0.477 e. The van der Waals surface area contributed by atoms with Crippen molar-refractivity contribution in [3.05, 3.63) is 23.9 Å². The molecule has 6 nitrogen and oxygen atoms in total. The summed E-state index contributed by atoms with van der Waals surface area (Å²) < 4.78 is 10.4. The molecule has 1 aromatic rings. The molecule has 1 aliphatic carbocycles. The molecule has 1 saturated carbocycles. The van der Waals surface area contributed by atoms with Crippen LogP contribution in [0.25, 0.3) is 0 Å². The fourth-order valence-electron chi connectivity index (χ4n) is 2.67. The first-order valence-corrected chi connectivity index (χ1v) is 7.66. The van der Waals surface area contributed by atoms with Crippen LogP contribution in [0.1, 0.15) is 36.0 Å². The predicted molar refractivity (Wildman–Crippen MR) is 78.5 cm³/mol. The molecule has 1 atom stereocenters. The molecule has 22 heavy (non-hydrogen) atoms. The van der Waals surface area contributed by atoms with Crippen LogP contribution in [0.2, 0.25) is 0 Å². The zero-order valence-electron chi connectivity index (χ0n) is 12.7. The number of amides is 1. The van der Waals surface area contributed by atoms with Gasteiger partial charge in [-0.25, -0.2) is 9.78 Å². The monoisotopic (exact) mass is 304 g/mol. The highest BCUT2D eigenvalue weighted by atomic mass is 16.5. The van der Waals surface area contributed by atoms with Crippen LogP contribution in [0.4, 0.5) is 0 Å². The van der Waals surface area contributed by atoms with Crippen molar-refractivity contribution in [2.45, 2.75) is 31.7 Å². The summed E-state index contributed by atoms with van der Waals surface area (Å²) >= 11 is 0. The normalized spacial score (nSPS) is 20.8. The first-order chi connectivity index (χ1) is 10.7. The molecule has 0 N–H and O–H groups in total. The van der Waals surface area contributed by atoms with Gasteiger partial charge in [0.15, 0.2) is 0 Å². The van der Waals surface area contributed by atoms with Gasteiger partial charge >= 0.3 is 5.97 Å². The van der Waals surface area contributed by atoms with Crippen LogP contribution < -0.4 is 4.74 Å². The van der Waals surface area contributed by atoms with Gasteiger partial charge in [0.2, 0.25) is 5.88 Å². The third-order valence-corrected chi connectivity index (χ3v) is 4.13. The van der Waals surface area contributed by atoms with E-state index in [0.717, 1.165) is 6.42 Å². The molecule has 0 bridgehead atoms. The van der Waals surface area contributed by atoms with Crippen molar-refractivity contribution in [2.24, 2.45) is 5.92 Å². The van der Waals surface area contributed by atoms with Gasteiger partial charge in [-0.15, -0.1) is 0 Å². The number of ether oxygens (including phenoxy) is 2. The number of carbonyl (C=O) groups excluding carboxylic acids is 2. The van der Waals surface area contributed by atoms with Gasteiger partial charge < -0.3 is 14.4 Å². The standard InChI is InChI=1S/C16H20N2O4/c1-21-16(20)13-3-2-8-18(13)15(19)12-6-7-17-14(9-12)22-10-11-4-5-11/h6-7,9,11,13H,2-5,8,10H2,1H3. The lowest BCUT2D eigenvalue weighted by Crippen LogP contribution is -2.41. The van der Waals surface area contributed by atoms with E-state index in [4.69, 9.17) is 9.47 Å². The quantitative estimate of drug-likeness (QED) is 0.774. The van der Waals surface area contributed by atoms with Crippen molar-refractivity contribution in [3.63, 3.8) is 0 Å². The van der Waals surface area contributed by atoms with Crippen molar-refractivity contribution in [1.29, 1.82) is 0 Å². The van der Waals surface area contributed by atoms with Gasteiger partial charge in [-0.3, -0.25) is 4.79 Å². The lowest BCUT2D eigenvalue weighted by molar-refractivity contribution is -0.145. The van der Waals surface area contributed by atoms with Gasteiger partial charge in [0.05, 0.1) is 13.7 Å². The second-order valence-corrected chi connectivity index (χ2v) is 5.82. The lowest BCUT2D eigenvalue weighted by atomic mass is 10.2. The average Bonchev–Trinajstić information content (AvgIpc) is 3.26. The second kappa shape index (κ2) is 6.34. The minimum Gasteiger partial charge on any atom is -0.477 e. The topological polar surface area (TPSA) is 68.7 Å². The van der Waals surface area contributed by atoms with E-state index in [-0.39, 0.29) is 11.9 Å². The zero-order chi connectivity index (χ0) is 15.5. The Morgan fingerprint density at radius 1 is 1.36 bits per heavy atom. The molecule has 0 spiro atoms. The maximum absolute atomic E-state index is 12.6. The number of likely N-dealkylation sites (tertiary alicyclic amines) is 1. The number of pyridine rings is 1. The molecular weight excluding hydrogens is 284 g/mol. The summed E-state index contributed by atoms with van der Waals surface area (Å²) in [5.41, 5.74) is 0.497. The van der Waals surface area contributed by atoms with Crippen molar-refractivity contribution in [1.82, 2.24) is 9.88 Å². The fourth-order valence-corrected chi connectivity index (χ4v) is 2.67. The number of esters is 1. The number of nitrogens with zero attached hydrogens (tertiary/aromatic N) is 2. The summed E-state index contributed by atoms with van der Waals surface area (Å²) in [5, 5.41) is 0. The number of methoxy groups -OCH3 is 1. The highest BCUT2D eigenvalue weighted by molar-refractivity contribution is 5.97. The Morgan fingerprint density at radius 3 is 2.91 bits per heavy atom. The van der Waals surface area contributed by atoms with E-state index in [2.05, 4.69) is 4.98 Å². The minimum atomic E-state index is -0.485. The molecule has 118 valence electrons. The number of hydrogen-bond acceptors (Lipinski definition) is 5. The Morgan fingerprint density at radius 2 is 2.18 bits per heavy atom. The number of carbonyl (C=O) groups is 2. The van der Waals surface area contributed by atoms with Crippen LogP contribution >= 0.6 is 0 Å². The number of rotatable bonds is 5. The molecular formula is C16H20N2O4. The second-order valence-electron chi connectivity index (χ2n) is 5.82. The Hall–Kier alpha value is -2.11. The summed E-state index contributed by atoms with van der Waals surface area (Å²) in [6.45, 7) is 1.22. The van der Waals surface area contributed by atoms with E-state index in [1.165, 1.54) is 20.0 Å². The summed E-state index contributed by atoms with van der Waals surface area (Å²) in [7, 11) is 1.35. The molecule has 1 amide bonds. The molecule has 2 heterocycles. The third-order valence-electron chi connectivity index (χ3n) is 4.13. The molecule has 6 heteroatoms. The first kappa shape index (κ1) is 14.8. The summed E-state index contributed by atoms with van der Waals surface area (Å²) in [4.78, 5) is 30.1. The van der Waals surface area contributed by atoms with Crippen molar-refractivity contribution in [2.75, 3.05) is 20.3 Å². The highest BCUT2D eigenvalue weighted by Gasteiger charge is 2.35. The van der Waals surface area contributed by atoms with E-state index in [1.807, 2.05) is 0 Å². The SMILES string of the molecule is COC(=O)C1CCCN1C(=O)c1ccnc(OCC2CC2)c1. The van der Waals surface area contributed by atoms with Gasteiger partial charge in [0.1, 0.15) is 6.04 Å². The number of hydrogen-bond donors (Lipinski definition) is 0. The molecule has 1 saturated heterocycles. The Bertz CT molecular complexity index is 571. The van der Waals surface area contributed by atoms with Gasteiger partial charge in [0, 0.05) is 24.4 Å². The Balaban J connectivity index is 1.70. The van der Waals surface area contributed by atoms with Crippen LogP contribution in [0, 0.1) is 5.92 Å². The van der Waals surface area contributed by atoms with E-state index < -0.39 is 6.04 Å². The zero-order valence-corrected chi connectivity index (χ0v) is 12.7. The van der Waals surface area contributed by atoms with Gasteiger partial charge in [-0.1, -0.05) is 0 Å². The molecule has 3 rings (SSSR count). The maximum atomic E-state index is 12.6. The molecule has 0 radical (unpaired) electrons. The van der Waals surface area contributed by atoms with Gasteiger partial charge in [0.25, 0.3) is 5.91 Å². The van der Waals surface area contributed by atoms with E-state index >= 15 is 0 Å². The summed E-state index contributed by atoms with van der Waals surface area (Å²) in [6.07, 6.45) is 5.43. The summed E-state index contributed by atoms with van der Waals surface area (Å²) in [6, 6.07) is 2.82. The van der Waals surface area contributed by atoms with Gasteiger partial charge in [-0.2, -0.15) is 0 Å². The van der Waals surface area contributed by atoms with Crippen LogP contribution in [-0.2, 0) is 9.53 Å². The van der Waals surface area contributed by atoms with Crippen LogP contribution in [0.3, 0.4) is 0 Å². The molecule has 2 aliphatic rings. The Kier molecular flexibility index (Phi) is 4.27. The lowest BCUT2D eigenvalue weighted by Gasteiger charge is -2.22. The first-order valence-electron chi connectivity index (χ1n) is 7.66. The molecule has 1 aromatic heterocycles. The number of aromatic nitrogens is 1. The minimum absolute atomic E-state index is 0.174. The third kappa shape index (κ3) is 3.21. The predicted octanol–water partition coefficient (Wildman–Crippen LogP) is 1.65. The van der Waals surface area contributed by atoms with Crippen LogP contribution in [0.5, 0.6) is 5.88 Å².